The zero-order valence-electron chi connectivity index (χ0n) is 11.2. The van der Waals surface area contributed by atoms with Crippen molar-refractivity contribution in [1.29, 1.82) is 0 Å². The molecule has 3 rings (SSSR count). The number of hydrogen-bond acceptors (Lipinski definition) is 3. The molecular formula is C15H18N2O2S. The second-order valence-electron chi connectivity index (χ2n) is 5.33. The number of hydrogen-bond donors (Lipinski definition) is 2. The number of benzene rings is 1. The van der Waals surface area contributed by atoms with Gasteiger partial charge >= 0.3 is 0 Å². The lowest BCUT2D eigenvalue weighted by atomic mass is 10.1. The number of para-hydroxylation sites is 1. The second kappa shape index (κ2) is 5.87. The Morgan fingerprint density at radius 3 is 2.90 bits per heavy atom. The highest BCUT2D eigenvalue weighted by Gasteiger charge is 2.26. The highest BCUT2D eigenvalue weighted by Crippen LogP contribution is 2.27. The summed E-state index contributed by atoms with van der Waals surface area (Å²) in [6.07, 6.45) is 3.84. The number of carbonyl (C=O) groups is 2. The SMILES string of the molecule is O=C(CS[C@@H]1CCc2ccccc2NC1=O)NC1CC1. The van der Waals surface area contributed by atoms with E-state index in [4.69, 9.17) is 0 Å². The van der Waals surface area contributed by atoms with Crippen molar-refractivity contribution < 1.29 is 9.59 Å². The topological polar surface area (TPSA) is 58.2 Å². The third kappa shape index (κ3) is 3.33. The van der Waals surface area contributed by atoms with E-state index in [0.29, 0.717) is 11.8 Å². The third-order valence-corrected chi connectivity index (χ3v) is 4.88. The summed E-state index contributed by atoms with van der Waals surface area (Å²) in [6, 6.07) is 8.27. The lowest BCUT2D eigenvalue weighted by molar-refractivity contribution is -0.118. The van der Waals surface area contributed by atoms with Crippen molar-refractivity contribution in [3.63, 3.8) is 0 Å². The molecule has 2 amide bonds. The summed E-state index contributed by atoms with van der Waals surface area (Å²) in [6.45, 7) is 0. The predicted molar refractivity (Wildman–Crippen MR) is 80.8 cm³/mol. The fourth-order valence-corrected chi connectivity index (χ4v) is 3.25. The largest absolute Gasteiger partial charge is 0.353 e. The Labute approximate surface area is 122 Å². The van der Waals surface area contributed by atoms with E-state index in [1.54, 1.807) is 0 Å². The van der Waals surface area contributed by atoms with Crippen LogP contribution in [0.3, 0.4) is 0 Å². The number of carbonyl (C=O) groups excluding carboxylic acids is 2. The van der Waals surface area contributed by atoms with Gasteiger partial charge in [-0.2, -0.15) is 0 Å². The first kappa shape index (κ1) is 13.5. The van der Waals surface area contributed by atoms with Crippen LogP contribution in [0.4, 0.5) is 5.69 Å². The van der Waals surface area contributed by atoms with Crippen LogP contribution in [0.1, 0.15) is 24.8 Å². The van der Waals surface area contributed by atoms with Gasteiger partial charge in [-0.3, -0.25) is 9.59 Å². The maximum atomic E-state index is 12.2. The van der Waals surface area contributed by atoms with Crippen LogP contribution in [-0.2, 0) is 16.0 Å². The molecule has 2 aliphatic rings. The van der Waals surface area contributed by atoms with Gasteiger partial charge in [0.1, 0.15) is 0 Å². The average Bonchev–Trinajstić information content (AvgIpc) is 3.24. The van der Waals surface area contributed by atoms with Crippen molar-refractivity contribution in [2.45, 2.75) is 37.0 Å². The molecule has 0 unspecified atom stereocenters. The van der Waals surface area contributed by atoms with E-state index in [1.807, 2.05) is 24.3 Å². The Balaban J connectivity index is 1.55. The molecule has 1 heterocycles. The first-order chi connectivity index (χ1) is 9.72. The van der Waals surface area contributed by atoms with Crippen molar-refractivity contribution in [3.05, 3.63) is 29.8 Å². The van der Waals surface area contributed by atoms with Gasteiger partial charge in [-0.1, -0.05) is 18.2 Å². The zero-order chi connectivity index (χ0) is 13.9. The molecule has 0 aromatic heterocycles. The Bertz CT molecular complexity index is 528. The van der Waals surface area contributed by atoms with Crippen molar-refractivity contribution >= 4 is 29.3 Å². The van der Waals surface area contributed by atoms with Crippen LogP contribution in [0.15, 0.2) is 24.3 Å². The number of nitrogens with one attached hydrogen (secondary N) is 2. The molecule has 1 aliphatic carbocycles. The van der Waals surface area contributed by atoms with Crippen LogP contribution in [0, 0.1) is 0 Å². The summed E-state index contributed by atoms with van der Waals surface area (Å²) in [5.74, 6) is 0.427. The monoisotopic (exact) mass is 290 g/mol. The minimum Gasteiger partial charge on any atom is -0.353 e. The van der Waals surface area contributed by atoms with E-state index in [9.17, 15) is 9.59 Å². The Morgan fingerprint density at radius 1 is 1.30 bits per heavy atom. The third-order valence-electron chi connectivity index (χ3n) is 3.60. The number of thioether (sulfide) groups is 1. The van der Waals surface area contributed by atoms with Gasteiger partial charge in [0, 0.05) is 11.7 Å². The number of amides is 2. The summed E-state index contributed by atoms with van der Waals surface area (Å²) in [4.78, 5) is 23.8. The van der Waals surface area contributed by atoms with E-state index in [1.165, 1.54) is 17.3 Å². The van der Waals surface area contributed by atoms with E-state index < -0.39 is 0 Å². The molecule has 1 atom stereocenters. The molecule has 1 aliphatic heterocycles. The van der Waals surface area contributed by atoms with Gasteiger partial charge in [0.15, 0.2) is 0 Å². The van der Waals surface area contributed by atoms with Crippen LogP contribution >= 0.6 is 11.8 Å². The van der Waals surface area contributed by atoms with Crippen molar-refractivity contribution in [1.82, 2.24) is 5.32 Å². The summed E-state index contributed by atoms with van der Waals surface area (Å²) < 4.78 is 0. The number of aryl methyl sites for hydroxylation is 1. The average molecular weight is 290 g/mol. The van der Waals surface area contributed by atoms with Gasteiger partial charge < -0.3 is 10.6 Å². The molecule has 0 radical (unpaired) electrons. The highest BCUT2D eigenvalue weighted by atomic mass is 32.2. The maximum absolute atomic E-state index is 12.2. The molecule has 1 fully saturated rings. The second-order valence-corrected chi connectivity index (χ2v) is 6.52. The molecule has 0 saturated heterocycles. The lowest BCUT2D eigenvalue weighted by Crippen LogP contribution is -2.30. The highest BCUT2D eigenvalue weighted by molar-refractivity contribution is 8.01. The van der Waals surface area contributed by atoms with Gasteiger partial charge in [0.05, 0.1) is 11.0 Å². The van der Waals surface area contributed by atoms with Crippen molar-refractivity contribution in [2.75, 3.05) is 11.1 Å². The molecule has 1 aromatic carbocycles. The molecule has 0 bridgehead atoms. The van der Waals surface area contributed by atoms with Crippen LogP contribution in [0.25, 0.3) is 0 Å². The predicted octanol–water partition coefficient (Wildman–Crippen LogP) is 1.95. The minimum absolute atomic E-state index is 0.0131. The van der Waals surface area contributed by atoms with Crippen LogP contribution in [0.2, 0.25) is 0 Å². The lowest BCUT2D eigenvalue weighted by Gasteiger charge is -2.12. The van der Waals surface area contributed by atoms with Crippen LogP contribution in [-0.4, -0.2) is 28.9 Å². The zero-order valence-corrected chi connectivity index (χ0v) is 12.0. The summed E-state index contributed by atoms with van der Waals surface area (Å²) >= 11 is 1.44. The Hall–Kier alpha value is -1.49. The molecule has 20 heavy (non-hydrogen) atoms. The fraction of sp³-hybridized carbons (Fsp3) is 0.467. The van der Waals surface area contributed by atoms with Gasteiger partial charge in [-0.05, 0) is 37.3 Å². The molecule has 4 nitrogen and oxygen atoms in total. The summed E-state index contributed by atoms with van der Waals surface area (Å²) in [5.41, 5.74) is 2.08. The van der Waals surface area contributed by atoms with Gasteiger partial charge in [0.25, 0.3) is 0 Å². The number of anilines is 1. The van der Waals surface area contributed by atoms with Crippen molar-refractivity contribution in [2.24, 2.45) is 0 Å². The minimum atomic E-state index is -0.146. The molecule has 0 spiro atoms. The smallest absolute Gasteiger partial charge is 0.237 e. The van der Waals surface area contributed by atoms with E-state index in [2.05, 4.69) is 10.6 Å². The molecule has 2 N–H and O–H groups in total. The molecule has 5 heteroatoms. The first-order valence-electron chi connectivity index (χ1n) is 7.02. The fourth-order valence-electron chi connectivity index (χ4n) is 2.32. The van der Waals surface area contributed by atoms with Gasteiger partial charge in [0.2, 0.25) is 11.8 Å². The van der Waals surface area contributed by atoms with Crippen molar-refractivity contribution in [3.8, 4) is 0 Å². The summed E-state index contributed by atoms with van der Waals surface area (Å²) in [5, 5.41) is 5.76. The maximum Gasteiger partial charge on any atom is 0.237 e. The molecule has 106 valence electrons. The van der Waals surface area contributed by atoms with Crippen LogP contribution in [0.5, 0.6) is 0 Å². The van der Waals surface area contributed by atoms with E-state index in [-0.39, 0.29) is 17.1 Å². The number of fused-ring (bicyclic) bond motifs is 1. The quantitative estimate of drug-likeness (QED) is 0.891. The Kier molecular flexibility index (Phi) is 3.96. The van der Waals surface area contributed by atoms with E-state index in [0.717, 1.165) is 31.4 Å². The molecular weight excluding hydrogens is 272 g/mol. The Morgan fingerprint density at radius 2 is 2.10 bits per heavy atom. The van der Waals surface area contributed by atoms with Gasteiger partial charge in [-0.25, -0.2) is 0 Å². The summed E-state index contributed by atoms with van der Waals surface area (Å²) in [7, 11) is 0. The number of rotatable bonds is 4. The normalized spacial score (nSPS) is 21.6. The molecule has 1 saturated carbocycles. The standard InChI is InChI=1S/C15H18N2O2S/c18-14(16-11-6-7-11)9-20-13-8-5-10-3-1-2-4-12(10)17-15(13)19/h1-4,11,13H,5-9H2,(H,16,18)(H,17,19)/t13-/m1/s1. The van der Waals surface area contributed by atoms with Gasteiger partial charge in [-0.15, -0.1) is 11.8 Å². The molecule has 1 aromatic rings. The first-order valence-corrected chi connectivity index (χ1v) is 8.07. The van der Waals surface area contributed by atoms with E-state index >= 15 is 0 Å². The van der Waals surface area contributed by atoms with Crippen LogP contribution < -0.4 is 10.6 Å².